The van der Waals surface area contributed by atoms with Crippen molar-refractivity contribution in [2.75, 3.05) is 31.1 Å². The van der Waals surface area contributed by atoms with Gasteiger partial charge in [0.1, 0.15) is 17.2 Å². The predicted molar refractivity (Wildman–Crippen MR) is 101 cm³/mol. The van der Waals surface area contributed by atoms with Crippen molar-refractivity contribution in [1.29, 1.82) is 0 Å². The summed E-state index contributed by atoms with van der Waals surface area (Å²) in [5.74, 6) is 0. The molecule has 2 heterocycles. The van der Waals surface area contributed by atoms with Crippen molar-refractivity contribution >= 4 is 17.0 Å². The highest BCUT2D eigenvalue weighted by Gasteiger charge is 2.21. The molecule has 0 atom stereocenters. The third-order valence-corrected chi connectivity index (χ3v) is 5.54. The van der Waals surface area contributed by atoms with Crippen molar-refractivity contribution in [3.8, 4) is 10.6 Å². The Kier molecular flexibility index (Phi) is 4.58. The van der Waals surface area contributed by atoms with E-state index in [1.54, 1.807) is 16.2 Å². The molecule has 0 aliphatic carbocycles. The van der Waals surface area contributed by atoms with Gasteiger partial charge in [-0.15, -0.1) is 11.3 Å². The average Bonchev–Trinajstić information content (AvgIpc) is 3.12. The largest absolute Gasteiger partial charge is 0.360 e. The Labute approximate surface area is 147 Å². The number of quaternary nitrogens is 1. The van der Waals surface area contributed by atoms with Crippen LogP contribution in [0.5, 0.6) is 0 Å². The molecule has 1 fully saturated rings. The Hall–Kier alpha value is -2.17. The van der Waals surface area contributed by atoms with Gasteiger partial charge in [-0.25, -0.2) is 4.98 Å². The van der Waals surface area contributed by atoms with Gasteiger partial charge in [-0.05, 0) is 12.1 Å². The fourth-order valence-corrected chi connectivity index (χ4v) is 4.08. The molecule has 1 aliphatic heterocycles. The number of piperazine rings is 1. The van der Waals surface area contributed by atoms with Gasteiger partial charge in [0.05, 0.1) is 26.2 Å². The van der Waals surface area contributed by atoms with Gasteiger partial charge in [0.2, 0.25) is 0 Å². The van der Waals surface area contributed by atoms with Gasteiger partial charge in [-0.3, -0.25) is 0 Å². The van der Waals surface area contributed by atoms with Crippen LogP contribution in [-0.2, 0) is 6.54 Å². The molecule has 24 heavy (non-hydrogen) atoms. The highest BCUT2D eigenvalue weighted by molar-refractivity contribution is 7.13. The van der Waals surface area contributed by atoms with E-state index in [-0.39, 0.29) is 0 Å². The highest BCUT2D eigenvalue weighted by atomic mass is 32.1. The van der Waals surface area contributed by atoms with Crippen LogP contribution in [0.2, 0.25) is 0 Å². The average molecular weight is 336 g/mol. The number of para-hydroxylation sites is 1. The van der Waals surface area contributed by atoms with Crippen molar-refractivity contribution in [1.82, 2.24) is 4.98 Å². The maximum absolute atomic E-state index is 4.84. The van der Waals surface area contributed by atoms with Crippen molar-refractivity contribution in [2.45, 2.75) is 6.54 Å². The zero-order valence-electron chi connectivity index (χ0n) is 13.7. The normalized spacial score (nSPS) is 15.6. The number of hydrogen-bond acceptors (Lipinski definition) is 3. The van der Waals surface area contributed by atoms with Crippen molar-refractivity contribution < 1.29 is 4.90 Å². The van der Waals surface area contributed by atoms with Gasteiger partial charge >= 0.3 is 0 Å². The van der Waals surface area contributed by atoms with Crippen LogP contribution < -0.4 is 9.80 Å². The second kappa shape index (κ2) is 7.16. The van der Waals surface area contributed by atoms with E-state index in [1.807, 2.05) is 6.07 Å². The zero-order valence-corrected chi connectivity index (χ0v) is 14.5. The van der Waals surface area contributed by atoms with Gasteiger partial charge in [-0.1, -0.05) is 48.5 Å². The second-order valence-corrected chi connectivity index (χ2v) is 7.12. The molecule has 1 aliphatic rings. The standard InChI is InChI=1S/C20H21N3S/c1-3-7-17(8-4-1)20-21-18(16-24-20)15-22-11-13-23(14-12-22)19-9-5-2-6-10-19/h1-10,16H,11-15H2/p+1. The van der Waals surface area contributed by atoms with Gasteiger partial charge in [0.25, 0.3) is 0 Å². The molecule has 0 amide bonds. The summed E-state index contributed by atoms with van der Waals surface area (Å²) in [4.78, 5) is 8.95. The van der Waals surface area contributed by atoms with Crippen LogP contribution in [0.1, 0.15) is 5.69 Å². The number of aromatic nitrogens is 1. The Balaban J connectivity index is 1.35. The molecule has 0 bridgehead atoms. The first-order valence-corrected chi connectivity index (χ1v) is 9.40. The van der Waals surface area contributed by atoms with Gasteiger partial charge in [0.15, 0.2) is 0 Å². The summed E-state index contributed by atoms with van der Waals surface area (Å²) in [5, 5.41) is 3.35. The molecule has 0 radical (unpaired) electrons. The van der Waals surface area contributed by atoms with Crippen LogP contribution in [0.25, 0.3) is 10.6 Å². The summed E-state index contributed by atoms with van der Waals surface area (Å²) in [5.41, 5.74) is 3.79. The summed E-state index contributed by atoms with van der Waals surface area (Å²) < 4.78 is 0. The first kappa shape index (κ1) is 15.4. The molecular weight excluding hydrogens is 314 g/mol. The lowest BCUT2D eigenvalue weighted by Gasteiger charge is -2.33. The van der Waals surface area contributed by atoms with Crippen LogP contribution in [-0.4, -0.2) is 31.2 Å². The molecule has 3 aromatic rings. The van der Waals surface area contributed by atoms with E-state index >= 15 is 0 Å². The van der Waals surface area contributed by atoms with Crippen LogP contribution in [0, 0.1) is 0 Å². The first-order chi connectivity index (χ1) is 11.9. The van der Waals surface area contributed by atoms with Crippen LogP contribution >= 0.6 is 11.3 Å². The smallest absolute Gasteiger partial charge is 0.123 e. The van der Waals surface area contributed by atoms with E-state index in [9.17, 15) is 0 Å². The number of rotatable bonds is 4. The van der Waals surface area contributed by atoms with Gasteiger partial charge in [0, 0.05) is 16.6 Å². The van der Waals surface area contributed by atoms with E-state index < -0.39 is 0 Å². The third-order valence-electron chi connectivity index (χ3n) is 4.60. The van der Waals surface area contributed by atoms with Gasteiger partial charge < -0.3 is 9.80 Å². The topological polar surface area (TPSA) is 20.6 Å². The molecule has 1 N–H and O–H groups in total. The minimum absolute atomic E-state index is 1.03. The van der Waals surface area contributed by atoms with E-state index in [0.29, 0.717) is 0 Å². The molecule has 2 aromatic carbocycles. The van der Waals surface area contributed by atoms with E-state index in [4.69, 9.17) is 4.98 Å². The van der Waals surface area contributed by atoms with Crippen LogP contribution in [0.3, 0.4) is 0 Å². The van der Waals surface area contributed by atoms with Crippen molar-refractivity contribution in [2.24, 2.45) is 0 Å². The summed E-state index contributed by atoms with van der Waals surface area (Å²) >= 11 is 1.75. The molecule has 1 saturated heterocycles. The van der Waals surface area contributed by atoms with E-state index in [0.717, 1.165) is 24.6 Å². The fourth-order valence-electron chi connectivity index (χ4n) is 3.25. The number of nitrogens with one attached hydrogen (secondary N) is 1. The maximum atomic E-state index is 4.84. The number of thiazole rings is 1. The summed E-state index contributed by atoms with van der Waals surface area (Å²) in [6.07, 6.45) is 0. The minimum atomic E-state index is 1.03. The Morgan fingerprint density at radius 1 is 0.917 bits per heavy atom. The molecule has 122 valence electrons. The minimum Gasteiger partial charge on any atom is -0.360 e. The Bertz CT molecular complexity index is 762. The molecule has 0 unspecified atom stereocenters. The lowest BCUT2D eigenvalue weighted by molar-refractivity contribution is -0.914. The summed E-state index contributed by atoms with van der Waals surface area (Å²) in [6, 6.07) is 21.2. The monoisotopic (exact) mass is 336 g/mol. The molecule has 4 rings (SSSR count). The molecule has 3 nitrogen and oxygen atoms in total. The number of nitrogens with zero attached hydrogens (tertiary/aromatic N) is 2. The Morgan fingerprint density at radius 3 is 2.29 bits per heavy atom. The quantitative estimate of drug-likeness (QED) is 0.791. The van der Waals surface area contributed by atoms with Crippen molar-refractivity contribution in [3.05, 3.63) is 71.7 Å². The molecule has 0 saturated carbocycles. The Morgan fingerprint density at radius 2 is 1.58 bits per heavy atom. The SMILES string of the molecule is c1ccc(-c2nc(C[NH+]3CCN(c4ccccc4)CC3)cs2)cc1. The predicted octanol–water partition coefficient (Wildman–Crippen LogP) is 2.72. The zero-order chi connectivity index (χ0) is 16.2. The number of anilines is 1. The second-order valence-electron chi connectivity index (χ2n) is 6.26. The summed E-state index contributed by atoms with van der Waals surface area (Å²) in [6.45, 7) is 5.62. The van der Waals surface area contributed by atoms with Gasteiger partial charge in [-0.2, -0.15) is 0 Å². The molecule has 1 aromatic heterocycles. The lowest BCUT2D eigenvalue weighted by atomic mass is 10.2. The molecule has 0 spiro atoms. The number of benzene rings is 2. The highest BCUT2D eigenvalue weighted by Crippen LogP contribution is 2.23. The molecular formula is C20H22N3S+. The van der Waals surface area contributed by atoms with E-state index in [1.165, 1.54) is 30.0 Å². The fraction of sp³-hybridized carbons (Fsp3) is 0.250. The van der Waals surface area contributed by atoms with Crippen LogP contribution in [0.4, 0.5) is 5.69 Å². The number of hydrogen-bond donors (Lipinski definition) is 1. The first-order valence-electron chi connectivity index (χ1n) is 8.52. The van der Waals surface area contributed by atoms with Crippen LogP contribution in [0.15, 0.2) is 66.0 Å². The lowest BCUT2D eigenvalue weighted by Crippen LogP contribution is -3.13. The molecule has 4 heteroatoms. The maximum Gasteiger partial charge on any atom is 0.123 e. The van der Waals surface area contributed by atoms with E-state index in [2.05, 4.69) is 64.9 Å². The third kappa shape index (κ3) is 3.50. The summed E-state index contributed by atoms with van der Waals surface area (Å²) in [7, 11) is 0. The van der Waals surface area contributed by atoms with Crippen molar-refractivity contribution in [3.63, 3.8) is 0 Å².